The average Bonchev–Trinajstić information content (AvgIpc) is 2.76. The number of nitrogens with one attached hydrogen (secondary N) is 1. The van der Waals surface area contributed by atoms with Crippen LogP contribution in [0.2, 0.25) is 0 Å². The van der Waals surface area contributed by atoms with E-state index in [1.54, 1.807) is 6.08 Å². The van der Waals surface area contributed by atoms with Gasteiger partial charge in [0.05, 0.1) is 6.54 Å². The summed E-state index contributed by atoms with van der Waals surface area (Å²) in [4.78, 5) is 11.3. The minimum atomic E-state index is -0.221. The number of carbonyl (C=O) groups is 1. The third-order valence-electron chi connectivity index (χ3n) is 2.95. The van der Waals surface area contributed by atoms with Crippen molar-refractivity contribution >= 4 is 5.97 Å². The summed E-state index contributed by atoms with van der Waals surface area (Å²) in [5.74, 6) is -0.221. The molecule has 3 heteroatoms. The van der Waals surface area contributed by atoms with E-state index >= 15 is 0 Å². The highest BCUT2D eigenvalue weighted by Crippen LogP contribution is 2.21. The van der Waals surface area contributed by atoms with Crippen molar-refractivity contribution in [3.63, 3.8) is 0 Å². The van der Waals surface area contributed by atoms with Crippen molar-refractivity contribution in [3.05, 3.63) is 48.0 Å². The Kier molecular flexibility index (Phi) is 3.94. The van der Waals surface area contributed by atoms with Crippen LogP contribution in [0.25, 0.3) is 0 Å². The van der Waals surface area contributed by atoms with Crippen LogP contribution in [-0.2, 0) is 22.4 Å². The quantitative estimate of drug-likeness (QED) is 0.616. The zero-order chi connectivity index (χ0) is 12.1. The molecular formula is C14H17NO2. The lowest BCUT2D eigenvalue weighted by molar-refractivity contribution is -0.141. The van der Waals surface area contributed by atoms with Crippen LogP contribution in [0.4, 0.5) is 0 Å². The van der Waals surface area contributed by atoms with Gasteiger partial charge in [-0.05, 0) is 24.0 Å². The molecule has 0 fully saturated rings. The van der Waals surface area contributed by atoms with Crippen LogP contribution in [0.15, 0.2) is 36.9 Å². The Labute approximate surface area is 101 Å². The van der Waals surface area contributed by atoms with Crippen LogP contribution < -0.4 is 5.32 Å². The molecule has 17 heavy (non-hydrogen) atoms. The van der Waals surface area contributed by atoms with Crippen LogP contribution in [0.3, 0.4) is 0 Å². The topological polar surface area (TPSA) is 38.3 Å². The van der Waals surface area contributed by atoms with E-state index in [9.17, 15) is 4.79 Å². The number of hydrogen-bond donors (Lipinski definition) is 1. The highest BCUT2D eigenvalue weighted by molar-refractivity contribution is 5.71. The molecule has 1 aliphatic rings. The van der Waals surface area contributed by atoms with Crippen LogP contribution in [-0.4, -0.2) is 25.2 Å². The minimum absolute atomic E-state index is 0.221. The van der Waals surface area contributed by atoms with Crippen LogP contribution >= 0.6 is 0 Å². The summed E-state index contributed by atoms with van der Waals surface area (Å²) in [6.45, 7) is 4.05. The standard InChI is InChI=1S/C14H17NO2/c1-2-7-17-14(16)10-15-13-8-11-5-3-4-6-12(11)9-13/h2-6,13,15H,1,7-10H2. The number of hydrogen-bond acceptors (Lipinski definition) is 3. The van der Waals surface area contributed by atoms with Gasteiger partial charge in [-0.25, -0.2) is 0 Å². The summed E-state index contributed by atoms with van der Waals surface area (Å²) in [6.07, 6.45) is 3.55. The van der Waals surface area contributed by atoms with E-state index in [1.807, 2.05) is 0 Å². The van der Waals surface area contributed by atoms with Crippen molar-refractivity contribution in [3.8, 4) is 0 Å². The molecular weight excluding hydrogens is 214 g/mol. The van der Waals surface area contributed by atoms with Gasteiger partial charge in [0, 0.05) is 6.04 Å². The zero-order valence-electron chi connectivity index (χ0n) is 9.82. The second-order valence-corrected chi connectivity index (χ2v) is 4.23. The number of benzene rings is 1. The van der Waals surface area contributed by atoms with E-state index in [4.69, 9.17) is 4.74 Å². The Morgan fingerprint density at radius 3 is 2.65 bits per heavy atom. The van der Waals surface area contributed by atoms with Gasteiger partial charge in [-0.15, -0.1) is 0 Å². The monoisotopic (exact) mass is 231 g/mol. The third kappa shape index (κ3) is 3.17. The summed E-state index contributed by atoms with van der Waals surface area (Å²) >= 11 is 0. The van der Waals surface area contributed by atoms with E-state index in [1.165, 1.54) is 11.1 Å². The number of rotatable bonds is 5. The molecule has 0 heterocycles. The SMILES string of the molecule is C=CCOC(=O)CNC1Cc2ccccc2C1. The normalized spacial score (nSPS) is 14.4. The molecule has 0 saturated heterocycles. The summed E-state index contributed by atoms with van der Waals surface area (Å²) < 4.78 is 4.91. The lowest BCUT2D eigenvalue weighted by atomic mass is 10.1. The number of fused-ring (bicyclic) bond motifs is 1. The largest absolute Gasteiger partial charge is 0.461 e. The van der Waals surface area contributed by atoms with Crippen molar-refractivity contribution in [1.29, 1.82) is 0 Å². The second kappa shape index (κ2) is 5.64. The van der Waals surface area contributed by atoms with Gasteiger partial charge in [0.15, 0.2) is 0 Å². The first-order valence-corrected chi connectivity index (χ1v) is 5.86. The molecule has 0 spiro atoms. The maximum absolute atomic E-state index is 11.3. The molecule has 1 aliphatic carbocycles. The highest BCUT2D eigenvalue weighted by atomic mass is 16.5. The molecule has 0 radical (unpaired) electrons. The first-order chi connectivity index (χ1) is 8.29. The maximum atomic E-state index is 11.3. The molecule has 0 unspecified atom stereocenters. The molecule has 0 aromatic heterocycles. The molecule has 1 aromatic rings. The predicted octanol–water partition coefficient (Wildman–Crippen LogP) is 1.47. The first kappa shape index (κ1) is 11.9. The van der Waals surface area contributed by atoms with Crippen LogP contribution in [0, 0.1) is 0 Å². The molecule has 1 aromatic carbocycles. The maximum Gasteiger partial charge on any atom is 0.320 e. The Hall–Kier alpha value is -1.61. The van der Waals surface area contributed by atoms with Gasteiger partial charge >= 0.3 is 5.97 Å². The molecule has 3 nitrogen and oxygen atoms in total. The van der Waals surface area contributed by atoms with Gasteiger partial charge in [0.25, 0.3) is 0 Å². The smallest absolute Gasteiger partial charge is 0.320 e. The molecule has 0 bridgehead atoms. The number of carbonyl (C=O) groups excluding carboxylic acids is 1. The Morgan fingerprint density at radius 2 is 2.06 bits per heavy atom. The Balaban J connectivity index is 1.76. The van der Waals surface area contributed by atoms with Gasteiger partial charge in [0.1, 0.15) is 6.61 Å². The Bertz CT molecular complexity index is 389. The number of ether oxygens (including phenoxy) is 1. The third-order valence-corrected chi connectivity index (χ3v) is 2.95. The van der Waals surface area contributed by atoms with Gasteiger partial charge in [0.2, 0.25) is 0 Å². The number of esters is 1. The van der Waals surface area contributed by atoms with Gasteiger partial charge in [-0.1, -0.05) is 36.9 Å². The molecule has 1 N–H and O–H groups in total. The molecule has 0 atom stereocenters. The van der Waals surface area contributed by atoms with Crippen LogP contribution in [0.5, 0.6) is 0 Å². The van der Waals surface area contributed by atoms with Crippen LogP contribution in [0.1, 0.15) is 11.1 Å². The lowest BCUT2D eigenvalue weighted by Crippen LogP contribution is -2.35. The van der Waals surface area contributed by atoms with Crippen molar-refractivity contribution in [2.45, 2.75) is 18.9 Å². The van der Waals surface area contributed by atoms with E-state index in [-0.39, 0.29) is 19.1 Å². The molecule has 90 valence electrons. The van der Waals surface area contributed by atoms with Crippen molar-refractivity contribution in [2.75, 3.05) is 13.2 Å². The fraction of sp³-hybridized carbons (Fsp3) is 0.357. The van der Waals surface area contributed by atoms with E-state index in [0.29, 0.717) is 6.04 Å². The summed E-state index contributed by atoms with van der Waals surface area (Å²) in [7, 11) is 0. The summed E-state index contributed by atoms with van der Waals surface area (Å²) in [6, 6.07) is 8.75. The fourth-order valence-corrected chi connectivity index (χ4v) is 2.13. The molecule has 2 rings (SSSR count). The van der Waals surface area contributed by atoms with Crippen molar-refractivity contribution in [2.24, 2.45) is 0 Å². The predicted molar refractivity (Wildman–Crippen MR) is 66.8 cm³/mol. The minimum Gasteiger partial charge on any atom is -0.461 e. The summed E-state index contributed by atoms with van der Waals surface area (Å²) in [5, 5.41) is 3.23. The highest BCUT2D eigenvalue weighted by Gasteiger charge is 2.20. The zero-order valence-corrected chi connectivity index (χ0v) is 9.82. The Morgan fingerprint density at radius 1 is 1.41 bits per heavy atom. The van der Waals surface area contributed by atoms with Crippen molar-refractivity contribution < 1.29 is 9.53 Å². The average molecular weight is 231 g/mol. The second-order valence-electron chi connectivity index (χ2n) is 4.23. The first-order valence-electron chi connectivity index (χ1n) is 5.86. The van der Waals surface area contributed by atoms with Crippen molar-refractivity contribution in [1.82, 2.24) is 5.32 Å². The molecule has 0 saturated carbocycles. The van der Waals surface area contributed by atoms with E-state index in [0.717, 1.165) is 12.8 Å². The fourth-order valence-electron chi connectivity index (χ4n) is 2.13. The summed E-state index contributed by atoms with van der Waals surface area (Å²) in [5.41, 5.74) is 2.76. The lowest BCUT2D eigenvalue weighted by Gasteiger charge is -2.10. The van der Waals surface area contributed by atoms with Gasteiger partial charge < -0.3 is 10.1 Å². The van der Waals surface area contributed by atoms with E-state index < -0.39 is 0 Å². The van der Waals surface area contributed by atoms with Gasteiger partial charge in [-0.2, -0.15) is 0 Å². The molecule has 0 amide bonds. The van der Waals surface area contributed by atoms with Gasteiger partial charge in [-0.3, -0.25) is 4.79 Å². The molecule has 0 aliphatic heterocycles. The van der Waals surface area contributed by atoms with E-state index in [2.05, 4.69) is 36.2 Å².